The van der Waals surface area contributed by atoms with E-state index in [-0.39, 0.29) is 0 Å². The van der Waals surface area contributed by atoms with Crippen molar-refractivity contribution >= 4 is 5.69 Å². The molecule has 3 heteroatoms. The third kappa shape index (κ3) is 3.19. The molecule has 1 aliphatic carbocycles. The molecule has 94 valence electrons. The van der Waals surface area contributed by atoms with Gasteiger partial charge in [0.2, 0.25) is 0 Å². The van der Waals surface area contributed by atoms with Crippen molar-refractivity contribution in [2.45, 2.75) is 51.7 Å². The second-order valence-electron chi connectivity index (χ2n) is 4.90. The molecule has 0 unspecified atom stereocenters. The number of unbranched alkanes of at least 4 members (excludes halogenated alkanes) is 1. The van der Waals surface area contributed by atoms with Gasteiger partial charge in [0.25, 0.3) is 0 Å². The Balaban J connectivity index is 2.07. The first-order valence-corrected chi connectivity index (χ1v) is 6.63. The summed E-state index contributed by atoms with van der Waals surface area (Å²) in [6, 6.07) is 4.74. The molecule has 0 spiro atoms. The Labute approximate surface area is 103 Å². The molecule has 2 rings (SSSR count). The Hall–Kier alpha value is -1.09. The fourth-order valence-electron chi connectivity index (χ4n) is 2.05. The Morgan fingerprint density at radius 1 is 1.47 bits per heavy atom. The average molecular weight is 234 g/mol. The molecule has 0 saturated heterocycles. The van der Waals surface area contributed by atoms with Crippen LogP contribution in [0, 0.1) is 0 Å². The van der Waals surface area contributed by atoms with Crippen LogP contribution in [0.25, 0.3) is 0 Å². The summed E-state index contributed by atoms with van der Waals surface area (Å²) in [6.45, 7) is 5.09. The second-order valence-corrected chi connectivity index (χ2v) is 4.90. The lowest BCUT2D eigenvalue weighted by molar-refractivity contribution is 0.194. The Bertz CT molecular complexity index is 344. The Kier molecular flexibility index (Phi) is 4.00. The van der Waals surface area contributed by atoms with Crippen LogP contribution in [0.3, 0.4) is 0 Å². The van der Waals surface area contributed by atoms with E-state index >= 15 is 0 Å². The van der Waals surface area contributed by atoms with Gasteiger partial charge in [0.15, 0.2) is 0 Å². The van der Waals surface area contributed by atoms with Crippen molar-refractivity contribution in [1.29, 1.82) is 0 Å². The van der Waals surface area contributed by atoms with E-state index < -0.39 is 6.10 Å². The van der Waals surface area contributed by atoms with Crippen molar-refractivity contribution in [2.75, 3.05) is 11.4 Å². The third-order valence-electron chi connectivity index (χ3n) is 3.27. The number of anilines is 1. The van der Waals surface area contributed by atoms with E-state index in [9.17, 15) is 5.11 Å². The van der Waals surface area contributed by atoms with E-state index in [0.29, 0.717) is 0 Å². The number of rotatable bonds is 6. The van der Waals surface area contributed by atoms with E-state index in [1.54, 1.807) is 6.92 Å². The van der Waals surface area contributed by atoms with Crippen molar-refractivity contribution in [3.63, 3.8) is 0 Å². The lowest BCUT2D eigenvalue weighted by Gasteiger charge is -2.24. The minimum Gasteiger partial charge on any atom is -0.387 e. The molecule has 1 heterocycles. The fraction of sp³-hybridized carbons (Fsp3) is 0.643. The summed E-state index contributed by atoms with van der Waals surface area (Å²) in [4.78, 5) is 6.79. The van der Waals surface area contributed by atoms with Gasteiger partial charge in [-0.15, -0.1) is 0 Å². The molecule has 0 radical (unpaired) electrons. The highest BCUT2D eigenvalue weighted by Gasteiger charge is 2.28. The lowest BCUT2D eigenvalue weighted by Crippen LogP contribution is -2.26. The largest absolute Gasteiger partial charge is 0.387 e. The van der Waals surface area contributed by atoms with Gasteiger partial charge in [-0.2, -0.15) is 0 Å². The predicted octanol–water partition coefficient (Wildman–Crippen LogP) is 2.90. The molecule has 1 fully saturated rings. The van der Waals surface area contributed by atoms with E-state index in [2.05, 4.69) is 22.9 Å². The minimum absolute atomic E-state index is 0.478. The van der Waals surface area contributed by atoms with E-state index in [1.165, 1.54) is 31.4 Å². The highest BCUT2D eigenvalue weighted by atomic mass is 16.3. The molecule has 1 N–H and O–H groups in total. The third-order valence-corrected chi connectivity index (χ3v) is 3.27. The SMILES string of the molecule is CCCCN(c1ccc([C@H](C)O)nc1)C1CC1. The molecule has 0 aliphatic heterocycles. The molecule has 0 aromatic carbocycles. The topological polar surface area (TPSA) is 36.4 Å². The van der Waals surface area contributed by atoms with Crippen LogP contribution in [-0.2, 0) is 0 Å². The van der Waals surface area contributed by atoms with Crippen molar-refractivity contribution in [3.05, 3.63) is 24.0 Å². The normalized spacial score (nSPS) is 16.9. The maximum atomic E-state index is 9.44. The molecule has 17 heavy (non-hydrogen) atoms. The zero-order valence-corrected chi connectivity index (χ0v) is 10.8. The van der Waals surface area contributed by atoms with Crippen molar-refractivity contribution < 1.29 is 5.11 Å². The van der Waals surface area contributed by atoms with Crippen LogP contribution in [0.1, 0.15) is 51.3 Å². The van der Waals surface area contributed by atoms with Gasteiger partial charge in [-0.25, -0.2) is 0 Å². The summed E-state index contributed by atoms with van der Waals surface area (Å²) in [6.07, 6.45) is 6.49. The lowest BCUT2D eigenvalue weighted by atomic mass is 10.2. The highest BCUT2D eigenvalue weighted by Crippen LogP contribution is 2.31. The summed E-state index contributed by atoms with van der Waals surface area (Å²) in [5.74, 6) is 0. The van der Waals surface area contributed by atoms with Crippen LogP contribution >= 0.6 is 0 Å². The van der Waals surface area contributed by atoms with Crippen LogP contribution < -0.4 is 4.90 Å². The Morgan fingerprint density at radius 3 is 2.71 bits per heavy atom. The number of aliphatic hydroxyl groups is 1. The molecule has 1 saturated carbocycles. The highest BCUT2D eigenvalue weighted by molar-refractivity contribution is 5.47. The summed E-state index contributed by atoms with van der Waals surface area (Å²) in [7, 11) is 0. The average Bonchev–Trinajstić information content (AvgIpc) is 3.14. The van der Waals surface area contributed by atoms with Crippen molar-refractivity contribution in [2.24, 2.45) is 0 Å². The molecule has 1 aromatic rings. The molecule has 0 amide bonds. The fourth-order valence-corrected chi connectivity index (χ4v) is 2.05. The van der Waals surface area contributed by atoms with Gasteiger partial charge >= 0.3 is 0 Å². The first kappa shape index (κ1) is 12.4. The molecule has 3 nitrogen and oxygen atoms in total. The number of hydrogen-bond acceptors (Lipinski definition) is 3. The van der Waals surface area contributed by atoms with E-state index in [4.69, 9.17) is 0 Å². The maximum Gasteiger partial charge on any atom is 0.0931 e. The van der Waals surface area contributed by atoms with E-state index in [0.717, 1.165) is 18.3 Å². The maximum absolute atomic E-state index is 9.44. The van der Waals surface area contributed by atoms with Crippen LogP contribution in [-0.4, -0.2) is 22.7 Å². The van der Waals surface area contributed by atoms with Crippen LogP contribution in [0.5, 0.6) is 0 Å². The molecule has 0 bridgehead atoms. The number of aliphatic hydroxyl groups excluding tert-OH is 1. The number of nitrogens with zero attached hydrogens (tertiary/aromatic N) is 2. The number of hydrogen-bond donors (Lipinski definition) is 1. The van der Waals surface area contributed by atoms with Gasteiger partial charge in [-0.05, 0) is 38.3 Å². The predicted molar refractivity (Wildman–Crippen MR) is 70.1 cm³/mol. The summed E-state index contributed by atoms with van der Waals surface area (Å²) in [5, 5.41) is 9.44. The van der Waals surface area contributed by atoms with Gasteiger partial charge in [0.1, 0.15) is 0 Å². The van der Waals surface area contributed by atoms with Gasteiger partial charge in [0, 0.05) is 12.6 Å². The first-order valence-electron chi connectivity index (χ1n) is 6.63. The van der Waals surface area contributed by atoms with Crippen LogP contribution in [0.2, 0.25) is 0 Å². The van der Waals surface area contributed by atoms with Crippen molar-refractivity contribution in [3.8, 4) is 0 Å². The van der Waals surface area contributed by atoms with Gasteiger partial charge in [0.05, 0.1) is 23.7 Å². The van der Waals surface area contributed by atoms with E-state index in [1.807, 2.05) is 12.3 Å². The molecular weight excluding hydrogens is 212 g/mol. The standard InChI is InChI=1S/C14H22N2O/c1-3-4-9-16(12-5-6-12)13-7-8-14(11(2)17)15-10-13/h7-8,10-12,17H,3-6,9H2,1-2H3/t11-/m0/s1. The Morgan fingerprint density at radius 2 is 2.24 bits per heavy atom. The zero-order chi connectivity index (χ0) is 12.3. The van der Waals surface area contributed by atoms with Crippen LogP contribution in [0.4, 0.5) is 5.69 Å². The summed E-state index contributed by atoms with van der Waals surface area (Å²) in [5.41, 5.74) is 1.95. The zero-order valence-electron chi connectivity index (χ0n) is 10.8. The summed E-state index contributed by atoms with van der Waals surface area (Å²) < 4.78 is 0. The van der Waals surface area contributed by atoms with Gasteiger partial charge < -0.3 is 10.0 Å². The second kappa shape index (κ2) is 5.50. The number of aromatic nitrogens is 1. The smallest absolute Gasteiger partial charge is 0.0931 e. The first-order chi connectivity index (χ1) is 8.22. The van der Waals surface area contributed by atoms with Gasteiger partial charge in [-0.3, -0.25) is 4.98 Å². The van der Waals surface area contributed by atoms with Crippen molar-refractivity contribution in [1.82, 2.24) is 4.98 Å². The summed E-state index contributed by atoms with van der Waals surface area (Å²) >= 11 is 0. The minimum atomic E-state index is -0.478. The monoisotopic (exact) mass is 234 g/mol. The van der Waals surface area contributed by atoms with Gasteiger partial charge in [-0.1, -0.05) is 13.3 Å². The molecule has 1 aliphatic rings. The van der Waals surface area contributed by atoms with Crippen LogP contribution in [0.15, 0.2) is 18.3 Å². The molecule has 1 aromatic heterocycles. The molecule has 1 atom stereocenters. The quantitative estimate of drug-likeness (QED) is 0.822. The number of pyridine rings is 1. The molecular formula is C14H22N2O.